The van der Waals surface area contributed by atoms with Crippen molar-refractivity contribution in [3.8, 4) is 17.4 Å². The molecule has 0 unspecified atom stereocenters. The van der Waals surface area contributed by atoms with E-state index in [-0.39, 0.29) is 18.2 Å². The van der Waals surface area contributed by atoms with Crippen LogP contribution in [0.4, 0.5) is 0 Å². The molecule has 0 spiro atoms. The number of methoxy groups -OCH3 is 1. The van der Waals surface area contributed by atoms with Gasteiger partial charge in [0.15, 0.2) is 0 Å². The van der Waals surface area contributed by atoms with Crippen molar-refractivity contribution in [1.29, 1.82) is 0 Å². The fourth-order valence-corrected chi connectivity index (χ4v) is 2.62. The number of carbonyl (C=O) groups excluding carboxylic acids is 1. The van der Waals surface area contributed by atoms with E-state index in [1.165, 1.54) is 0 Å². The molecule has 0 atom stereocenters. The minimum absolute atomic E-state index is 0.0370. The molecule has 0 aliphatic rings. The average Bonchev–Trinajstić information content (AvgIpc) is 3.07. The SMILES string of the molecule is CCOC(=O)c1nnn(Cc2ccccc2)c1Oc1cccc(OC)c1C. The highest BCUT2D eigenvalue weighted by molar-refractivity contribution is 5.89. The zero-order valence-corrected chi connectivity index (χ0v) is 15.5. The van der Waals surface area contributed by atoms with E-state index < -0.39 is 5.97 Å². The molecule has 0 bridgehead atoms. The Morgan fingerprint density at radius 2 is 1.81 bits per heavy atom. The maximum absolute atomic E-state index is 12.3. The van der Waals surface area contributed by atoms with Crippen molar-refractivity contribution in [2.45, 2.75) is 20.4 Å². The third kappa shape index (κ3) is 4.08. The summed E-state index contributed by atoms with van der Waals surface area (Å²) in [4.78, 5) is 12.3. The van der Waals surface area contributed by atoms with E-state index in [1.807, 2.05) is 49.4 Å². The van der Waals surface area contributed by atoms with E-state index in [1.54, 1.807) is 24.8 Å². The van der Waals surface area contributed by atoms with Crippen LogP contribution in [0, 0.1) is 6.92 Å². The van der Waals surface area contributed by atoms with Gasteiger partial charge in [-0.1, -0.05) is 41.6 Å². The Morgan fingerprint density at radius 1 is 1.07 bits per heavy atom. The molecule has 0 aliphatic heterocycles. The summed E-state index contributed by atoms with van der Waals surface area (Å²) in [6.45, 7) is 4.26. The van der Waals surface area contributed by atoms with E-state index in [2.05, 4.69) is 10.3 Å². The molecule has 2 aromatic carbocycles. The zero-order valence-electron chi connectivity index (χ0n) is 15.5. The minimum Gasteiger partial charge on any atom is -0.496 e. The van der Waals surface area contributed by atoms with E-state index in [0.29, 0.717) is 18.0 Å². The van der Waals surface area contributed by atoms with Crippen molar-refractivity contribution in [3.63, 3.8) is 0 Å². The molecular formula is C20H21N3O4. The normalized spacial score (nSPS) is 10.5. The molecule has 7 nitrogen and oxygen atoms in total. The first-order chi connectivity index (χ1) is 13.1. The number of hydrogen-bond acceptors (Lipinski definition) is 6. The van der Waals surface area contributed by atoms with Crippen LogP contribution in [0.5, 0.6) is 17.4 Å². The number of hydrogen-bond donors (Lipinski definition) is 0. The molecule has 27 heavy (non-hydrogen) atoms. The first kappa shape index (κ1) is 18.4. The van der Waals surface area contributed by atoms with Crippen LogP contribution in [0.3, 0.4) is 0 Å². The van der Waals surface area contributed by atoms with Crippen molar-refractivity contribution in [2.75, 3.05) is 13.7 Å². The van der Waals surface area contributed by atoms with Gasteiger partial charge in [-0.05, 0) is 31.5 Å². The molecule has 1 heterocycles. The predicted octanol–water partition coefficient (Wildman–Crippen LogP) is 3.61. The van der Waals surface area contributed by atoms with Crippen molar-refractivity contribution < 1.29 is 19.0 Å². The van der Waals surface area contributed by atoms with Crippen LogP contribution in [0.25, 0.3) is 0 Å². The van der Waals surface area contributed by atoms with Crippen LogP contribution < -0.4 is 9.47 Å². The van der Waals surface area contributed by atoms with E-state index in [0.717, 1.165) is 11.1 Å². The molecule has 0 amide bonds. The maximum Gasteiger partial charge on any atom is 0.364 e. The van der Waals surface area contributed by atoms with Gasteiger partial charge in [0.2, 0.25) is 5.69 Å². The molecule has 0 radical (unpaired) electrons. The summed E-state index contributed by atoms with van der Waals surface area (Å²) >= 11 is 0. The Bertz CT molecular complexity index is 922. The summed E-state index contributed by atoms with van der Waals surface area (Å²) in [7, 11) is 1.59. The molecule has 1 aromatic heterocycles. The van der Waals surface area contributed by atoms with Gasteiger partial charge in [-0.2, -0.15) is 0 Å². The molecule has 0 saturated heterocycles. The Labute approximate surface area is 157 Å². The first-order valence-electron chi connectivity index (χ1n) is 8.60. The van der Waals surface area contributed by atoms with Gasteiger partial charge in [-0.3, -0.25) is 0 Å². The Hall–Kier alpha value is -3.35. The maximum atomic E-state index is 12.3. The lowest BCUT2D eigenvalue weighted by Crippen LogP contribution is -2.09. The molecule has 0 fully saturated rings. The quantitative estimate of drug-likeness (QED) is 0.594. The summed E-state index contributed by atoms with van der Waals surface area (Å²) < 4.78 is 18.0. The van der Waals surface area contributed by atoms with Crippen molar-refractivity contribution in [2.24, 2.45) is 0 Å². The molecule has 0 saturated carbocycles. The van der Waals surface area contributed by atoms with Gasteiger partial charge in [0.05, 0.1) is 20.3 Å². The number of esters is 1. The second-order valence-corrected chi connectivity index (χ2v) is 5.79. The second kappa shape index (κ2) is 8.35. The van der Waals surface area contributed by atoms with Gasteiger partial charge < -0.3 is 14.2 Å². The third-order valence-corrected chi connectivity index (χ3v) is 3.99. The monoisotopic (exact) mass is 367 g/mol. The lowest BCUT2D eigenvalue weighted by molar-refractivity contribution is 0.0516. The summed E-state index contributed by atoms with van der Waals surface area (Å²) in [5.74, 6) is 0.893. The van der Waals surface area contributed by atoms with Crippen LogP contribution in [-0.2, 0) is 11.3 Å². The van der Waals surface area contributed by atoms with Crippen LogP contribution in [-0.4, -0.2) is 34.7 Å². The lowest BCUT2D eigenvalue weighted by atomic mass is 10.2. The Balaban J connectivity index is 2.00. The van der Waals surface area contributed by atoms with Gasteiger partial charge in [0.25, 0.3) is 5.88 Å². The summed E-state index contributed by atoms with van der Waals surface area (Å²) in [6.07, 6.45) is 0. The zero-order chi connectivity index (χ0) is 19.2. The topological polar surface area (TPSA) is 75.5 Å². The number of nitrogens with zero attached hydrogens (tertiary/aromatic N) is 3. The Kier molecular flexibility index (Phi) is 5.71. The molecule has 0 N–H and O–H groups in total. The van der Waals surface area contributed by atoms with Crippen LogP contribution in [0.1, 0.15) is 28.5 Å². The number of carbonyl (C=O) groups is 1. The highest BCUT2D eigenvalue weighted by Gasteiger charge is 2.24. The first-order valence-corrected chi connectivity index (χ1v) is 8.60. The summed E-state index contributed by atoms with van der Waals surface area (Å²) in [5, 5.41) is 8.07. The summed E-state index contributed by atoms with van der Waals surface area (Å²) in [6, 6.07) is 15.2. The second-order valence-electron chi connectivity index (χ2n) is 5.79. The van der Waals surface area contributed by atoms with Crippen LogP contribution in [0.2, 0.25) is 0 Å². The Morgan fingerprint density at radius 3 is 2.52 bits per heavy atom. The van der Waals surface area contributed by atoms with E-state index in [4.69, 9.17) is 14.2 Å². The minimum atomic E-state index is -0.577. The van der Waals surface area contributed by atoms with Gasteiger partial charge >= 0.3 is 5.97 Å². The van der Waals surface area contributed by atoms with Gasteiger partial charge in [0.1, 0.15) is 11.5 Å². The highest BCUT2D eigenvalue weighted by Crippen LogP contribution is 2.32. The largest absolute Gasteiger partial charge is 0.496 e. The average molecular weight is 367 g/mol. The molecule has 140 valence electrons. The molecule has 0 aliphatic carbocycles. The third-order valence-electron chi connectivity index (χ3n) is 3.99. The van der Waals surface area contributed by atoms with Crippen LogP contribution >= 0.6 is 0 Å². The van der Waals surface area contributed by atoms with Crippen molar-refractivity contribution in [1.82, 2.24) is 15.0 Å². The molecule has 3 rings (SSSR count). The van der Waals surface area contributed by atoms with E-state index in [9.17, 15) is 4.79 Å². The molecular weight excluding hydrogens is 346 g/mol. The van der Waals surface area contributed by atoms with Gasteiger partial charge in [-0.25, -0.2) is 9.48 Å². The van der Waals surface area contributed by atoms with Gasteiger partial charge in [-0.15, -0.1) is 5.10 Å². The number of aromatic nitrogens is 3. The van der Waals surface area contributed by atoms with Crippen molar-refractivity contribution in [3.05, 3.63) is 65.4 Å². The smallest absolute Gasteiger partial charge is 0.364 e. The highest BCUT2D eigenvalue weighted by atomic mass is 16.5. The van der Waals surface area contributed by atoms with Crippen molar-refractivity contribution >= 4 is 5.97 Å². The van der Waals surface area contributed by atoms with Gasteiger partial charge in [0, 0.05) is 5.56 Å². The number of ether oxygens (including phenoxy) is 3. The molecule has 7 heteroatoms. The number of rotatable bonds is 7. The van der Waals surface area contributed by atoms with E-state index >= 15 is 0 Å². The predicted molar refractivity (Wildman–Crippen MR) is 99.3 cm³/mol. The molecule has 3 aromatic rings. The summed E-state index contributed by atoms with van der Waals surface area (Å²) in [5.41, 5.74) is 1.85. The number of benzene rings is 2. The standard InChI is InChI=1S/C20H21N3O4/c1-4-26-20(24)18-19(27-17-12-8-11-16(25-3)14(17)2)23(22-21-18)13-15-9-6-5-7-10-15/h5-12H,4,13H2,1-3H3. The van der Waals surface area contributed by atoms with Crippen LogP contribution in [0.15, 0.2) is 48.5 Å². The lowest BCUT2D eigenvalue weighted by Gasteiger charge is -2.13. The fraction of sp³-hybridized carbons (Fsp3) is 0.250. The fourth-order valence-electron chi connectivity index (χ4n) is 2.62.